The topological polar surface area (TPSA) is 0 Å². The molecule has 0 nitrogen and oxygen atoms in total. The van der Waals surface area contributed by atoms with Crippen LogP contribution in [-0.2, 0) is 11.8 Å². The molecule has 14 heavy (non-hydrogen) atoms. The molecule has 76 valence electrons. The summed E-state index contributed by atoms with van der Waals surface area (Å²) in [6, 6.07) is 6.33. The highest BCUT2D eigenvalue weighted by atomic mass is 35.5. The van der Waals surface area contributed by atoms with Crippen LogP contribution in [0.4, 0.5) is 0 Å². The second-order valence-electron chi connectivity index (χ2n) is 4.84. The smallest absolute Gasteiger partial charge is 0.0440 e. The highest BCUT2D eigenvalue weighted by molar-refractivity contribution is 6.31. The maximum atomic E-state index is 6.20. The molecule has 0 heterocycles. The van der Waals surface area contributed by atoms with Gasteiger partial charge < -0.3 is 0 Å². The molecular formula is C13H17Cl. The second kappa shape index (κ2) is 3.27. The molecule has 1 aromatic rings. The molecule has 1 unspecified atom stereocenters. The van der Waals surface area contributed by atoms with Gasteiger partial charge in [-0.25, -0.2) is 0 Å². The summed E-state index contributed by atoms with van der Waals surface area (Å²) in [6.07, 6.45) is 2.38. The number of fused-ring (bicyclic) bond motifs is 1. The standard InChI is InChI=1S/C13H17Cl/c1-9(2)13(3)8-7-10-11(13)5-4-6-12(10)14/h4-6,9H,7-8H2,1-3H3. The Kier molecular flexibility index (Phi) is 2.35. The first-order chi connectivity index (χ1) is 6.55. The molecule has 0 saturated heterocycles. The fraction of sp³-hybridized carbons (Fsp3) is 0.538. The van der Waals surface area contributed by atoms with Crippen LogP contribution in [0.25, 0.3) is 0 Å². The van der Waals surface area contributed by atoms with Crippen molar-refractivity contribution in [1.82, 2.24) is 0 Å². The summed E-state index contributed by atoms with van der Waals surface area (Å²) in [5.41, 5.74) is 3.19. The van der Waals surface area contributed by atoms with Crippen molar-refractivity contribution in [1.29, 1.82) is 0 Å². The highest BCUT2D eigenvalue weighted by Crippen LogP contribution is 2.45. The van der Waals surface area contributed by atoms with Crippen molar-refractivity contribution in [3.63, 3.8) is 0 Å². The molecule has 0 spiro atoms. The van der Waals surface area contributed by atoms with Crippen LogP contribution in [0.3, 0.4) is 0 Å². The van der Waals surface area contributed by atoms with E-state index in [-0.39, 0.29) is 0 Å². The van der Waals surface area contributed by atoms with Crippen molar-refractivity contribution in [3.05, 3.63) is 34.3 Å². The van der Waals surface area contributed by atoms with Gasteiger partial charge in [-0.15, -0.1) is 0 Å². The first kappa shape index (κ1) is 10.0. The summed E-state index contributed by atoms with van der Waals surface area (Å²) < 4.78 is 0. The van der Waals surface area contributed by atoms with Crippen molar-refractivity contribution >= 4 is 11.6 Å². The van der Waals surface area contributed by atoms with Crippen LogP contribution in [0.1, 0.15) is 38.3 Å². The van der Waals surface area contributed by atoms with E-state index in [9.17, 15) is 0 Å². The van der Waals surface area contributed by atoms with Gasteiger partial charge in [0.15, 0.2) is 0 Å². The number of rotatable bonds is 1. The van der Waals surface area contributed by atoms with Gasteiger partial charge in [0, 0.05) is 5.02 Å². The zero-order valence-electron chi connectivity index (χ0n) is 9.10. The van der Waals surface area contributed by atoms with E-state index in [1.807, 2.05) is 6.07 Å². The lowest BCUT2D eigenvalue weighted by Crippen LogP contribution is -2.25. The maximum absolute atomic E-state index is 6.20. The van der Waals surface area contributed by atoms with Gasteiger partial charge in [0.1, 0.15) is 0 Å². The lowest BCUT2D eigenvalue weighted by Gasteiger charge is -2.30. The van der Waals surface area contributed by atoms with Crippen LogP contribution >= 0.6 is 11.6 Å². The Morgan fingerprint density at radius 2 is 2.07 bits per heavy atom. The second-order valence-corrected chi connectivity index (χ2v) is 5.25. The molecule has 0 aliphatic heterocycles. The van der Waals surface area contributed by atoms with Gasteiger partial charge >= 0.3 is 0 Å². The largest absolute Gasteiger partial charge is 0.0840 e. The average Bonchev–Trinajstić information content (AvgIpc) is 2.47. The minimum atomic E-state index is 0.334. The summed E-state index contributed by atoms with van der Waals surface area (Å²) in [7, 11) is 0. The van der Waals surface area contributed by atoms with E-state index in [2.05, 4.69) is 32.9 Å². The number of hydrogen-bond donors (Lipinski definition) is 0. The molecule has 0 saturated carbocycles. The Hall–Kier alpha value is -0.490. The fourth-order valence-electron chi connectivity index (χ4n) is 2.47. The van der Waals surface area contributed by atoms with Crippen molar-refractivity contribution in [2.75, 3.05) is 0 Å². The molecule has 1 heteroatoms. The molecule has 0 aromatic heterocycles. The Bertz CT molecular complexity index is 354. The van der Waals surface area contributed by atoms with Gasteiger partial charge in [0.2, 0.25) is 0 Å². The minimum Gasteiger partial charge on any atom is -0.0840 e. The molecule has 0 radical (unpaired) electrons. The fourth-order valence-corrected chi connectivity index (χ4v) is 2.74. The molecular weight excluding hydrogens is 192 g/mol. The van der Waals surface area contributed by atoms with Crippen molar-refractivity contribution in [2.45, 2.75) is 39.0 Å². The van der Waals surface area contributed by atoms with E-state index in [4.69, 9.17) is 11.6 Å². The van der Waals surface area contributed by atoms with E-state index in [0.29, 0.717) is 11.3 Å². The lowest BCUT2D eigenvalue weighted by molar-refractivity contribution is 0.337. The van der Waals surface area contributed by atoms with Gasteiger partial charge in [-0.05, 0) is 41.4 Å². The molecule has 1 aromatic carbocycles. The minimum absolute atomic E-state index is 0.334. The van der Waals surface area contributed by atoms with Crippen LogP contribution < -0.4 is 0 Å². The van der Waals surface area contributed by atoms with Gasteiger partial charge in [0.05, 0.1) is 0 Å². The van der Waals surface area contributed by atoms with E-state index < -0.39 is 0 Å². The van der Waals surface area contributed by atoms with Gasteiger partial charge in [-0.1, -0.05) is 44.5 Å². The van der Waals surface area contributed by atoms with E-state index in [1.165, 1.54) is 17.5 Å². The van der Waals surface area contributed by atoms with Crippen LogP contribution in [0, 0.1) is 5.92 Å². The van der Waals surface area contributed by atoms with Gasteiger partial charge in [-0.2, -0.15) is 0 Å². The third-order valence-electron chi connectivity index (χ3n) is 3.90. The number of benzene rings is 1. The summed E-state index contributed by atoms with van der Waals surface area (Å²) in [5.74, 6) is 0.683. The Morgan fingerprint density at radius 3 is 2.71 bits per heavy atom. The van der Waals surface area contributed by atoms with E-state index in [0.717, 1.165) is 11.4 Å². The lowest BCUT2D eigenvalue weighted by atomic mass is 9.74. The Balaban J connectivity index is 2.55. The average molecular weight is 209 g/mol. The molecule has 0 fully saturated rings. The summed E-state index contributed by atoms with van der Waals surface area (Å²) in [6.45, 7) is 6.96. The monoisotopic (exact) mass is 208 g/mol. The third-order valence-corrected chi connectivity index (χ3v) is 4.26. The number of halogens is 1. The predicted octanol–water partition coefficient (Wildman–Crippen LogP) is 4.20. The first-order valence-corrected chi connectivity index (χ1v) is 5.71. The molecule has 0 N–H and O–H groups in total. The molecule has 1 aliphatic rings. The van der Waals surface area contributed by atoms with E-state index in [1.54, 1.807) is 0 Å². The van der Waals surface area contributed by atoms with Crippen LogP contribution in [-0.4, -0.2) is 0 Å². The van der Waals surface area contributed by atoms with Gasteiger partial charge in [-0.3, -0.25) is 0 Å². The normalized spacial score (nSPS) is 25.5. The molecule has 2 rings (SSSR count). The zero-order chi connectivity index (χ0) is 10.3. The quantitative estimate of drug-likeness (QED) is 0.649. The number of hydrogen-bond acceptors (Lipinski definition) is 0. The maximum Gasteiger partial charge on any atom is 0.0440 e. The molecule has 0 bridgehead atoms. The van der Waals surface area contributed by atoms with Crippen molar-refractivity contribution in [2.24, 2.45) is 5.92 Å². The third kappa shape index (κ3) is 1.28. The van der Waals surface area contributed by atoms with Gasteiger partial charge in [0.25, 0.3) is 0 Å². The zero-order valence-corrected chi connectivity index (χ0v) is 9.86. The Labute approximate surface area is 91.3 Å². The molecule has 1 aliphatic carbocycles. The highest BCUT2D eigenvalue weighted by Gasteiger charge is 2.37. The predicted molar refractivity (Wildman–Crippen MR) is 62.0 cm³/mol. The summed E-state index contributed by atoms with van der Waals surface area (Å²) >= 11 is 6.20. The molecule has 0 amide bonds. The van der Waals surface area contributed by atoms with Crippen LogP contribution in [0.2, 0.25) is 5.02 Å². The van der Waals surface area contributed by atoms with Crippen molar-refractivity contribution < 1.29 is 0 Å². The molecule has 1 atom stereocenters. The van der Waals surface area contributed by atoms with E-state index >= 15 is 0 Å². The Morgan fingerprint density at radius 1 is 1.36 bits per heavy atom. The SMILES string of the molecule is CC(C)C1(C)CCc2c(Cl)cccc21. The van der Waals surface area contributed by atoms with Crippen molar-refractivity contribution in [3.8, 4) is 0 Å². The summed E-state index contributed by atoms with van der Waals surface area (Å²) in [4.78, 5) is 0. The first-order valence-electron chi connectivity index (χ1n) is 5.33. The summed E-state index contributed by atoms with van der Waals surface area (Å²) in [5, 5.41) is 0.951. The van der Waals surface area contributed by atoms with Crippen LogP contribution in [0.15, 0.2) is 18.2 Å². The van der Waals surface area contributed by atoms with Crippen LogP contribution in [0.5, 0.6) is 0 Å².